The van der Waals surface area contributed by atoms with Crippen molar-refractivity contribution in [3.05, 3.63) is 48.0 Å². The zero-order chi connectivity index (χ0) is 22.0. The lowest BCUT2D eigenvalue weighted by Gasteiger charge is -2.24. The van der Waals surface area contributed by atoms with Gasteiger partial charge in [0.25, 0.3) is 0 Å². The Labute approximate surface area is 183 Å². The predicted molar refractivity (Wildman–Crippen MR) is 116 cm³/mol. The van der Waals surface area contributed by atoms with Gasteiger partial charge in [0.1, 0.15) is 11.7 Å². The molecule has 3 heterocycles. The second-order valence-electron chi connectivity index (χ2n) is 9.08. The molecule has 0 N–H and O–H groups in total. The number of rotatable bonds is 4. The molecule has 2 saturated heterocycles. The third-order valence-electron chi connectivity index (χ3n) is 5.27. The second kappa shape index (κ2) is 8.85. The van der Waals surface area contributed by atoms with E-state index in [2.05, 4.69) is 6.92 Å². The van der Waals surface area contributed by atoms with E-state index < -0.39 is 5.60 Å². The zero-order valence-corrected chi connectivity index (χ0v) is 18.5. The van der Waals surface area contributed by atoms with Gasteiger partial charge in [0.2, 0.25) is 5.88 Å². The van der Waals surface area contributed by atoms with Crippen molar-refractivity contribution in [2.24, 2.45) is 5.92 Å². The molecule has 0 spiro atoms. The molecule has 7 nitrogen and oxygen atoms in total. The molecule has 2 aliphatic heterocycles. The smallest absolute Gasteiger partial charge is 0.410 e. The topological polar surface area (TPSA) is 70.1 Å². The molecule has 0 unspecified atom stereocenters. The van der Waals surface area contributed by atoms with Crippen LogP contribution in [0.1, 0.15) is 39.5 Å². The summed E-state index contributed by atoms with van der Waals surface area (Å²) in [7, 11) is 0. The van der Waals surface area contributed by atoms with Crippen LogP contribution in [-0.4, -0.2) is 54.0 Å². The Morgan fingerprint density at radius 1 is 1.10 bits per heavy atom. The monoisotopic (exact) mass is 426 g/mol. The summed E-state index contributed by atoms with van der Waals surface area (Å²) in [5.74, 6) is 0.720. The van der Waals surface area contributed by atoms with Gasteiger partial charge in [0.15, 0.2) is 6.29 Å². The summed E-state index contributed by atoms with van der Waals surface area (Å²) < 4.78 is 22.9. The van der Waals surface area contributed by atoms with Crippen LogP contribution in [0.4, 0.5) is 4.79 Å². The molecule has 31 heavy (non-hydrogen) atoms. The average Bonchev–Trinajstić information content (AvgIpc) is 3.38. The van der Waals surface area contributed by atoms with Crippen LogP contribution in [0.2, 0.25) is 0 Å². The zero-order valence-electron chi connectivity index (χ0n) is 18.5. The average molecular weight is 427 g/mol. The molecule has 7 heteroatoms. The van der Waals surface area contributed by atoms with Crippen LogP contribution in [-0.2, 0) is 14.2 Å². The van der Waals surface area contributed by atoms with E-state index >= 15 is 0 Å². The number of aromatic nitrogens is 1. The van der Waals surface area contributed by atoms with Gasteiger partial charge < -0.3 is 23.8 Å². The standard InChI is InChI=1S/C24H30N2O5/c1-16-14-26(23(27)31-24(2,3)4)15-20(16)30-21-10-6-9-19(25-21)17-7-5-8-18(13-17)22-28-11-12-29-22/h5-10,13,16,20,22H,11-12,14-15H2,1-4H3/t16-,20-/m1/s1. The number of ether oxygens (including phenoxy) is 4. The third kappa shape index (κ3) is 5.35. The molecule has 2 aliphatic rings. The maximum absolute atomic E-state index is 12.4. The van der Waals surface area contributed by atoms with Gasteiger partial charge in [-0.3, -0.25) is 0 Å². The summed E-state index contributed by atoms with van der Waals surface area (Å²) in [5.41, 5.74) is 2.24. The largest absolute Gasteiger partial charge is 0.472 e. The van der Waals surface area contributed by atoms with E-state index in [-0.39, 0.29) is 24.4 Å². The Morgan fingerprint density at radius 2 is 1.84 bits per heavy atom. The number of hydrogen-bond donors (Lipinski definition) is 0. The second-order valence-corrected chi connectivity index (χ2v) is 9.08. The number of hydrogen-bond acceptors (Lipinski definition) is 6. The van der Waals surface area contributed by atoms with E-state index in [4.69, 9.17) is 23.9 Å². The normalized spacial score (nSPS) is 22.0. The maximum Gasteiger partial charge on any atom is 0.410 e. The van der Waals surface area contributed by atoms with E-state index in [1.165, 1.54) is 0 Å². The number of nitrogens with zero attached hydrogens (tertiary/aromatic N) is 2. The molecular formula is C24H30N2O5. The van der Waals surface area contributed by atoms with Crippen LogP contribution in [0.25, 0.3) is 11.3 Å². The van der Waals surface area contributed by atoms with Crippen LogP contribution in [0.15, 0.2) is 42.5 Å². The van der Waals surface area contributed by atoms with Crippen molar-refractivity contribution in [1.82, 2.24) is 9.88 Å². The number of amides is 1. The van der Waals surface area contributed by atoms with Crippen LogP contribution in [0.3, 0.4) is 0 Å². The lowest BCUT2D eigenvalue weighted by atomic mass is 10.1. The molecule has 2 atom stereocenters. The van der Waals surface area contributed by atoms with Gasteiger partial charge in [-0.25, -0.2) is 9.78 Å². The molecule has 0 aliphatic carbocycles. The molecule has 0 bridgehead atoms. The minimum atomic E-state index is -0.516. The highest BCUT2D eigenvalue weighted by atomic mass is 16.7. The van der Waals surface area contributed by atoms with E-state index in [0.29, 0.717) is 32.2 Å². The highest BCUT2D eigenvalue weighted by Crippen LogP contribution is 2.29. The van der Waals surface area contributed by atoms with Crippen molar-refractivity contribution in [1.29, 1.82) is 0 Å². The van der Waals surface area contributed by atoms with Crippen LogP contribution in [0.5, 0.6) is 5.88 Å². The third-order valence-corrected chi connectivity index (χ3v) is 5.27. The summed E-state index contributed by atoms with van der Waals surface area (Å²) in [6.07, 6.45) is -0.764. The minimum absolute atomic E-state index is 0.137. The van der Waals surface area contributed by atoms with Crippen LogP contribution >= 0.6 is 0 Å². The van der Waals surface area contributed by atoms with E-state index in [9.17, 15) is 4.79 Å². The van der Waals surface area contributed by atoms with Crippen molar-refractivity contribution in [2.75, 3.05) is 26.3 Å². The molecule has 2 fully saturated rings. The van der Waals surface area contributed by atoms with Gasteiger partial charge >= 0.3 is 6.09 Å². The minimum Gasteiger partial charge on any atom is -0.472 e. The Balaban J connectivity index is 1.44. The fraction of sp³-hybridized carbons (Fsp3) is 0.500. The molecule has 1 aromatic heterocycles. The summed E-state index contributed by atoms with van der Waals surface area (Å²) >= 11 is 0. The number of benzene rings is 1. The fourth-order valence-corrected chi connectivity index (χ4v) is 3.76. The molecule has 2 aromatic rings. The van der Waals surface area contributed by atoms with Gasteiger partial charge in [0.05, 0.1) is 25.5 Å². The first kappa shape index (κ1) is 21.6. The van der Waals surface area contributed by atoms with Crippen molar-refractivity contribution in [3.8, 4) is 17.1 Å². The summed E-state index contributed by atoms with van der Waals surface area (Å²) in [4.78, 5) is 18.8. The molecule has 166 valence electrons. The summed E-state index contributed by atoms with van der Waals surface area (Å²) in [6.45, 7) is 9.97. The van der Waals surface area contributed by atoms with E-state index in [0.717, 1.165) is 16.8 Å². The lowest BCUT2D eigenvalue weighted by molar-refractivity contribution is -0.0440. The van der Waals surface area contributed by atoms with Gasteiger partial charge in [-0.05, 0) is 32.9 Å². The number of carbonyl (C=O) groups excluding carboxylic acids is 1. The summed E-state index contributed by atoms with van der Waals surface area (Å²) in [6, 6.07) is 13.7. The predicted octanol–water partition coefficient (Wildman–Crippen LogP) is 4.43. The Hall–Kier alpha value is -2.64. The summed E-state index contributed by atoms with van der Waals surface area (Å²) in [5, 5.41) is 0. The SMILES string of the molecule is C[C@@H]1CN(C(=O)OC(C)(C)C)C[C@H]1Oc1cccc(-c2cccc(C3OCCO3)c2)n1. The van der Waals surface area contributed by atoms with Crippen LogP contribution in [0, 0.1) is 5.92 Å². The van der Waals surface area contributed by atoms with Crippen molar-refractivity contribution in [2.45, 2.75) is 45.7 Å². The van der Waals surface area contributed by atoms with Gasteiger partial charge in [0, 0.05) is 29.7 Å². The van der Waals surface area contributed by atoms with Gasteiger partial charge in [-0.2, -0.15) is 0 Å². The van der Waals surface area contributed by atoms with Crippen molar-refractivity contribution < 1.29 is 23.7 Å². The Morgan fingerprint density at radius 3 is 2.58 bits per heavy atom. The first-order valence-electron chi connectivity index (χ1n) is 10.7. The molecular weight excluding hydrogens is 396 g/mol. The first-order valence-corrected chi connectivity index (χ1v) is 10.7. The van der Waals surface area contributed by atoms with Crippen molar-refractivity contribution in [3.63, 3.8) is 0 Å². The number of pyridine rings is 1. The van der Waals surface area contributed by atoms with Gasteiger partial charge in [-0.1, -0.05) is 31.2 Å². The molecule has 4 rings (SSSR count). The Bertz CT molecular complexity index is 920. The number of carbonyl (C=O) groups is 1. The van der Waals surface area contributed by atoms with Crippen LogP contribution < -0.4 is 4.74 Å². The Kier molecular flexibility index (Phi) is 6.16. The van der Waals surface area contributed by atoms with Crippen molar-refractivity contribution >= 4 is 6.09 Å². The molecule has 0 saturated carbocycles. The molecule has 0 radical (unpaired) electrons. The van der Waals surface area contributed by atoms with Gasteiger partial charge in [-0.15, -0.1) is 0 Å². The van der Waals surface area contributed by atoms with E-state index in [1.54, 1.807) is 4.90 Å². The highest BCUT2D eigenvalue weighted by Gasteiger charge is 2.36. The maximum atomic E-state index is 12.4. The van der Waals surface area contributed by atoms with E-state index in [1.807, 2.05) is 63.2 Å². The fourth-order valence-electron chi connectivity index (χ4n) is 3.76. The molecule has 1 amide bonds. The lowest BCUT2D eigenvalue weighted by Crippen LogP contribution is -2.36. The molecule has 1 aromatic carbocycles. The quantitative estimate of drug-likeness (QED) is 0.720. The highest BCUT2D eigenvalue weighted by molar-refractivity contribution is 5.68. The number of likely N-dealkylation sites (tertiary alicyclic amines) is 1. The first-order chi connectivity index (χ1) is 14.8.